The highest BCUT2D eigenvalue weighted by atomic mass is 16.5. The number of allylic oxidation sites excluding steroid dienone is 1. The van der Waals surface area contributed by atoms with Gasteiger partial charge in [0.05, 0.1) is 11.2 Å². The van der Waals surface area contributed by atoms with Crippen LogP contribution in [0.5, 0.6) is 0 Å². The number of aromatic nitrogens is 2. The Labute approximate surface area is 229 Å². The third-order valence-corrected chi connectivity index (χ3v) is 6.41. The molecule has 0 aliphatic carbocycles. The quantitative estimate of drug-likeness (QED) is 0.240. The number of aromatic amines is 1. The Morgan fingerprint density at radius 1 is 1.08 bits per heavy atom. The van der Waals surface area contributed by atoms with Crippen LogP contribution in [-0.2, 0) is 21.5 Å². The van der Waals surface area contributed by atoms with Gasteiger partial charge in [0.25, 0.3) is 5.56 Å². The van der Waals surface area contributed by atoms with Crippen LogP contribution in [0.25, 0.3) is 16.8 Å². The van der Waals surface area contributed by atoms with E-state index in [-0.39, 0.29) is 18.3 Å². The van der Waals surface area contributed by atoms with Gasteiger partial charge in [-0.2, -0.15) is 4.98 Å². The minimum absolute atomic E-state index is 0.0482. The summed E-state index contributed by atoms with van der Waals surface area (Å²) in [7, 11) is 0. The number of ether oxygens (including phenoxy) is 1. The van der Waals surface area contributed by atoms with E-state index in [1.165, 1.54) is 0 Å². The number of anilines is 1. The maximum atomic E-state index is 13.1. The maximum absolute atomic E-state index is 13.1. The van der Waals surface area contributed by atoms with Crippen LogP contribution in [0.15, 0.2) is 66.0 Å². The van der Waals surface area contributed by atoms with E-state index in [1.807, 2.05) is 82.3 Å². The molecule has 2 amide bonds. The Hall–Kier alpha value is -4.04. The van der Waals surface area contributed by atoms with E-state index in [2.05, 4.69) is 27.2 Å². The third kappa shape index (κ3) is 8.48. The molecule has 8 heteroatoms. The molecule has 206 valence electrons. The first-order chi connectivity index (χ1) is 18.6. The second-order valence-corrected chi connectivity index (χ2v) is 10.1. The van der Waals surface area contributed by atoms with Crippen molar-refractivity contribution < 1.29 is 14.3 Å². The molecule has 0 aliphatic rings. The van der Waals surface area contributed by atoms with Crippen LogP contribution >= 0.6 is 0 Å². The molecule has 1 aromatic heterocycles. The standard InChI is InChI=1S/C31H38N4O4/c1-6-39-20-25(36)17-10-11-18-26-27(22-13-8-7-9-14-22)32-29(33-28(26)37)34-30(38)35-31(4,5)24-16-12-15-23(19-24)21(2)3/h7-9,12-16,19H,2,6,10-11,17-18,20H2,1,3-5H3,(H3,32,33,34,35,37,38). The van der Waals surface area contributed by atoms with Gasteiger partial charge in [-0.05, 0) is 69.7 Å². The van der Waals surface area contributed by atoms with Gasteiger partial charge in [0.15, 0.2) is 5.78 Å². The first-order valence-corrected chi connectivity index (χ1v) is 13.2. The Bertz CT molecular complexity index is 1360. The Kier molecular flexibility index (Phi) is 10.3. The van der Waals surface area contributed by atoms with Crippen molar-refractivity contribution in [3.63, 3.8) is 0 Å². The SMILES string of the molecule is C=C(C)c1cccc(C(C)(C)NC(=O)Nc2nc(=O)c(CCCCC(=O)COCC)c(-c3ccccc3)[nH]2)c1. The largest absolute Gasteiger partial charge is 0.374 e. The van der Waals surface area contributed by atoms with E-state index in [0.29, 0.717) is 43.5 Å². The number of amides is 2. The molecule has 0 unspecified atom stereocenters. The molecule has 3 aromatic rings. The van der Waals surface area contributed by atoms with Gasteiger partial charge in [0, 0.05) is 18.6 Å². The normalized spacial score (nSPS) is 11.2. The molecule has 0 fully saturated rings. The third-order valence-electron chi connectivity index (χ3n) is 6.41. The lowest BCUT2D eigenvalue weighted by Crippen LogP contribution is -2.43. The van der Waals surface area contributed by atoms with Crippen LogP contribution in [0.1, 0.15) is 63.6 Å². The van der Waals surface area contributed by atoms with E-state index in [4.69, 9.17) is 4.74 Å². The van der Waals surface area contributed by atoms with Gasteiger partial charge >= 0.3 is 6.03 Å². The van der Waals surface area contributed by atoms with Gasteiger partial charge in [-0.15, -0.1) is 0 Å². The topological polar surface area (TPSA) is 113 Å². The first kappa shape index (κ1) is 29.5. The van der Waals surface area contributed by atoms with E-state index in [9.17, 15) is 14.4 Å². The summed E-state index contributed by atoms with van der Waals surface area (Å²) in [6, 6.07) is 16.8. The monoisotopic (exact) mass is 530 g/mol. The van der Waals surface area contributed by atoms with Crippen molar-refractivity contribution in [2.24, 2.45) is 0 Å². The molecule has 39 heavy (non-hydrogen) atoms. The molecule has 1 heterocycles. The molecular formula is C31H38N4O4. The fourth-order valence-electron chi connectivity index (χ4n) is 4.22. The summed E-state index contributed by atoms with van der Waals surface area (Å²) in [4.78, 5) is 45.2. The summed E-state index contributed by atoms with van der Waals surface area (Å²) in [5, 5.41) is 5.66. The van der Waals surface area contributed by atoms with Crippen molar-refractivity contribution in [2.45, 2.75) is 58.9 Å². The number of ketones is 1. The minimum Gasteiger partial charge on any atom is -0.374 e. The van der Waals surface area contributed by atoms with Crippen molar-refractivity contribution in [1.29, 1.82) is 0 Å². The van der Waals surface area contributed by atoms with E-state index in [1.54, 1.807) is 0 Å². The molecule has 0 aliphatic heterocycles. The van der Waals surface area contributed by atoms with Gasteiger partial charge in [-0.25, -0.2) is 4.79 Å². The van der Waals surface area contributed by atoms with Crippen molar-refractivity contribution in [2.75, 3.05) is 18.5 Å². The minimum atomic E-state index is -0.697. The second-order valence-electron chi connectivity index (χ2n) is 10.1. The summed E-state index contributed by atoms with van der Waals surface area (Å²) in [6.07, 6.45) is 2.14. The number of carbonyl (C=O) groups excluding carboxylic acids is 2. The number of benzene rings is 2. The van der Waals surface area contributed by atoms with Crippen LogP contribution in [-0.4, -0.2) is 35.0 Å². The van der Waals surface area contributed by atoms with Crippen molar-refractivity contribution in [3.05, 3.63) is 88.2 Å². The number of urea groups is 1. The highest BCUT2D eigenvalue weighted by molar-refractivity contribution is 5.88. The highest BCUT2D eigenvalue weighted by Gasteiger charge is 2.24. The average Bonchev–Trinajstić information content (AvgIpc) is 2.90. The number of hydrogen-bond donors (Lipinski definition) is 3. The lowest BCUT2D eigenvalue weighted by Gasteiger charge is -2.27. The molecule has 0 bridgehead atoms. The van der Waals surface area contributed by atoms with E-state index in [0.717, 1.165) is 22.3 Å². The number of rotatable bonds is 13. The van der Waals surface area contributed by atoms with Gasteiger partial charge in [-0.1, -0.05) is 60.7 Å². The molecule has 0 saturated carbocycles. The fraction of sp³-hybridized carbons (Fsp3) is 0.355. The average molecular weight is 531 g/mol. The van der Waals surface area contributed by atoms with Crippen LogP contribution < -0.4 is 16.2 Å². The number of hydrogen-bond acceptors (Lipinski definition) is 5. The van der Waals surface area contributed by atoms with Gasteiger partial charge in [-0.3, -0.25) is 14.9 Å². The predicted octanol–water partition coefficient (Wildman–Crippen LogP) is 5.85. The molecule has 8 nitrogen and oxygen atoms in total. The lowest BCUT2D eigenvalue weighted by molar-refractivity contribution is -0.123. The molecule has 0 saturated heterocycles. The lowest BCUT2D eigenvalue weighted by atomic mass is 9.92. The second kappa shape index (κ2) is 13.7. The predicted molar refractivity (Wildman–Crippen MR) is 156 cm³/mol. The first-order valence-electron chi connectivity index (χ1n) is 13.2. The van der Waals surface area contributed by atoms with Gasteiger partial charge < -0.3 is 15.0 Å². The Morgan fingerprint density at radius 2 is 1.82 bits per heavy atom. The van der Waals surface area contributed by atoms with E-state index >= 15 is 0 Å². The molecule has 0 spiro atoms. The zero-order chi connectivity index (χ0) is 28.4. The number of H-pyrrole nitrogens is 1. The van der Waals surface area contributed by atoms with Crippen LogP contribution in [0.2, 0.25) is 0 Å². The van der Waals surface area contributed by atoms with Crippen molar-refractivity contribution in [1.82, 2.24) is 15.3 Å². The molecule has 2 aromatic carbocycles. The number of nitrogens with one attached hydrogen (secondary N) is 3. The molecular weight excluding hydrogens is 492 g/mol. The smallest absolute Gasteiger partial charge is 0.322 e. The molecule has 3 rings (SSSR count). The highest BCUT2D eigenvalue weighted by Crippen LogP contribution is 2.24. The van der Waals surface area contributed by atoms with E-state index < -0.39 is 17.1 Å². The van der Waals surface area contributed by atoms with Crippen molar-refractivity contribution in [3.8, 4) is 11.3 Å². The Morgan fingerprint density at radius 3 is 2.51 bits per heavy atom. The molecule has 0 radical (unpaired) electrons. The zero-order valence-electron chi connectivity index (χ0n) is 23.2. The number of unbranched alkanes of at least 4 members (excludes halogenated alkanes) is 1. The summed E-state index contributed by atoms with van der Waals surface area (Å²) in [5.74, 6) is 0.102. The zero-order valence-corrected chi connectivity index (χ0v) is 23.2. The van der Waals surface area contributed by atoms with Crippen LogP contribution in [0.3, 0.4) is 0 Å². The fourth-order valence-corrected chi connectivity index (χ4v) is 4.22. The molecule has 3 N–H and O–H groups in total. The maximum Gasteiger partial charge on any atom is 0.322 e. The van der Waals surface area contributed by atoms with Gasteiger partial charge in [0.2, 0.25) is 5.95 Å². The van der Waals surface area contributed by atoms with Crippen LogP contribution in [0, 0.1) is 0 Å². The Balaban J connectivity index is 1.77. The summed E-state index contributed by atoms with van der Waals surface area (Å²) >= 11 is 0. The van der Waals surface area contributed by atoms with Gasteiger partial charge in [0.1, 0.15) is 6.61 Å². The summed E-state index contributed by atoms with van der Waals surface area (Å²) in [5.41, 5.74) is 3.65. The number of nitrogens with zero attached hydrogens (tertiary/aromatic N) is 1. The number of carbonyl (C=O) groups is 2. The number of Topliss-reactive ketones (excluding diaryl/α,β-unsaturated/α-hetero) is 1. The molecule has 0 atom stereocenters. The van der Waals surface area contributed by atoms with Crippen molar-refractivity contribution >= 4 is 23.3 Å². The summed E-state index contributed by atoms with van der Waals surface area (Å²) in [6.45, 7) is 12.2. The summed E-state index contributed by atoms with van der Waals surface area (Å²) < 4.78 is 5.16. The van der Waals surface area contributed by atoms with Crippen LogP contribution in [0.4, 0.5) is 10.7 Å².